The molecule has 0 radical (unpaired) electrons. The van der Waals surface area contributed by atoms with Gasteiger partial charge in [0.1, 0.15) is 0 Å². The summed E-state index contributed by atoms with van der Waals surface area (Å²) >= 11 is 0.630. The van der Waals surface area contributed by atoms with Gasteiger partial charge in [-0.05, 0) is 13.8 Å². The largest absolute Gasteiger partial charge is 0.392 e. The molecule has 0 aromatic carbocycles. The van der Waals surface area contributed by atoms with Gasteiger partial charge in [0, 0.05) is 12.2 Å². The van der Waals surface area contributed by atoms with E-state index in [9.17, 15) is 13.2 Å². The van der Waals surface area contributed by atoms with Crippen molar-refractivity contribution in [2.24, 2.45) is 0 Å². The van der Waals surface area contributed by atoms with Crippen LogP contribution in [0.15, 0.2) is 9.00 Å². The molecule has 86 valence electrons. The molecule has 8 heteroatoms. The van der Waals surface area contributed by atoms with Gasteiger partial charge in [0.2, 0.25) is 0 Å². The van der Waals surface area contributed by atoms with Crippen molar-refractivity contribution in [2.45, 2.75) is 24.2 Å². The number of aliphatic hydroxyl groups is 1. The van der Waals surface area contributed by atoms with Crippen LogP contribution in [-0.2, 0) is 10.0 Å². The van der Waals surface area contributed by atoms with Crippen LogP contribution in [0.1, 0.15) is 12.6 Å². The van der Waals surface area contributed by atoms with Crippen molar-refractivity contribution in [3.63, 3.8) is 0 Å². The Labute approximate surface area is 91.0 Å². The van der Waals surface area contributed by atoms with Crippen LogP contribution in [0.25, 0.3) is 0 Å². The van der Waals surface area contributed by atoms with Crippen LogP contribution in [0.5, 0.6) is 0 Å². The van der Waals surface area contributed by atoms with Crippen molar-refractivity contribution in [3.05, 3.63) is 15.4 Å². The molecule has 0 aliphatic carbocycles. The van der Waals surface area contributed by atoms with Gasteiger partial charge in [-0.1, -0.05) is 11.3 Å². The predicted octanol–water partition coefficient (Wildman–Crippen LogP) is -0.596. The maximum Gasteiger partial charge on any atom is 0.305 e. The Morgan fingerprint density at radius 2 is 2.20 bits per heavy atom. The van der Waals surface area contributed by atoms with Gasteiger partial charge < -0.3 is 10.1 Å². The van der Waals surface area contributed by atoms with Crippen LogP contribution < -0.4 is 9.60 Å². The second kappa shape index (κ2) is 4.44. The number of aryl methyl sites for hydroxylation is 1. The lowest BCUT2D eigenvalue weighted by molar-refractivity contribution is 0.198. The highest BCUT2D eigenvalue weighted by Crippen LogP contribution is 2.14. The van der Waals surface area contributed by atoms with Gasteiger partial charge >= 0.3 is 4.87 Å². The normalized spacial score (nSPS) is 14.1. The fraction of sp³-hybridized carbons (Fsp3) is 0.571. The first-order valence-electron chi connectivity index (χ1n) is 4.20. The first-order chi connectivity index (χ1) is 6.83. The molecule has 15 heavy (non-hydrogen) atoms. The molecule has 0 aliphatic rings. The SMILES string of the molecule is Cc1[nH]c(=O)sc1S(=O)(=O)NC[C@@H](C)O. The summed E-state index contributed by atoms with van der Waals surface area (Å²) in [5.74, 6) is 0. The fourth-order valence-corrected chi connectivity index (χ4v) is 3.41. The van der Waals surface area contributed by atoms with E-state index in [4.69, 9.17) is 5.11 Å². The quantitative estimate of drug-likeness (QED) is 0.666. The van der Waals surface area contributed by atoms with E-state index in [1.807, 2.05) is 0 Å². The van der Waals surface area contributed by atoms with Crippen LogP contribution in [-0.4, -0.2) is 31.2 Å². The van der Waals surface area contributed by atoms with Crippen molar-refractivity contribution in [1.82, 2.24) is 9.71 Å². The molecule has 0 saturated carbocycles. The van der Waals surface area contributed by atoms with E-state index < -0.39 is 21.0 Å². The molecule has 1 heterocycles. The molecule has 6 nitrogen and oxygen atoms in total. The maximum atomic E-state index is 11.6. The van der Waals surface area contributed by atoms with Crippen molar-refractivity contribution < 1.29 is 13.5 Å². The molecule has 0 aliphatic heterocycles. The topological polar surface area (TPSA) is 99.3 Å². The number of aromatic amines is 1. The average molecular weight is 252 g/mol. The summed E-state index contributed by atoms with van der Waals surface area (Å²) in [6, 6.07) is 0. The zero-order valence-corrected chi connectivity index (χ0v) is 9.91. The molecule has 1 aromatic heterocycles. The minimum absolute atomic E-state index is 0.0341. The summed E-state index contributed by atoms with van der Waals surface area (Å²) < 4.78 is 25.4. The second-order valence-corrected chi connectivity index (χ2v) is 6.07. The zero-order valence-electron chi connectivity index (χ0n) is 8.27. The Balaban J connectivity index is 2.96. The molecular weight excluding hydrogens is 240 g/mol. The highest BCUT2D eigenvalue weighted by atomic mass is 32.2. The van der Waals surface area contributed by atoms with E-state index in [1.165, 1.54) is 13.8 Å². The third-order valence-electron chi connectivity index (χ3n) is 1.59. The van der Waals surface area contributed by atoms with Crippen LogP contribution in [0.3, 0.4) is 0 Å². The summed E-state index contributed by atoms with van der Waals surface area (Å²) in [6.45, 7) is 2.90. The highest BCUT2D eigenvalue weighted by molar-refractivity contribution is 7.91. The summed E-state index contributed by atoms with van der Waals surface area (Å²) in [5.41, 5.74) is 0.308. The fourth-order valence-electron chi connectivity index (χ4n) is 0.943. The molecule has 0 spiro atoms. The van der Waals surface area contributed by atoms with Crippen LogP contribution in [0.4, 0.5) is 0 Å². The number of aliphatic hydroxyl groups excluding tert-OH is 1. The van der Waals surface area contributed by atoms with E-state index in [-0.39, 0.29) is 10.8 Å². The van der Waals surface area contributed by atoms with Crippen molar-refractivity contribution >= 4 is 21.4 Å². The Morgan fingerprint density at radius 1 is 1.60 bits per heavy atom. The number of hydrogen-bond acceptors (Lipinski definition) is 5. The number of aromatic nitrogens is 1. The number of thiazole rings is 1. The Kier molecular flexibility index (Phi) is 3.66. The third-order valence-corrected chi connectivity index (χ3v) is 4.62. The number of H-pyrrole nitrogens is 1. The van der Waals surface area contributed by atoms with E-state index in [2.05, 4.69) is 9.71 Å². The van der Waals surface area contributed by atoms with Gasteiger partial charge in [0.05, 0.1) is 6.10 Å². The van der Waals surface area contributed by atoms with E-state index in [0.29, 0.717) is 17.0 Å². The number of hydrogen-bond donors (Lipinski definition) is 3. The minimum Gasteiger partial charge on any atom is -0.392 e. The number of nitrogens with one attached hydrogen (secondary N) is 2. The Hall–Kier alpha value is -0.700. The Morgan fingerprint density at radius 3 is 2.60 bits per heavy atom. The first kappa shape index (κ1) is 12.4. The van der Waals surface area contributed by atoms with Crippen molar-refractivity contribution in [2.75, 3.05) is 6.54 Å². The molecular formula is C7H12N2O4S2. The summed E-state index contributed by atoms with van der Waals surface area (Å²) in [5, 5.41) is 8.94. The van der Waals surface area contributed by atoms with Gasteiger partial charge in [-0.15, -0.1) is 0 Å². The number of sulfonamides is 1. The van der Waals surface area contributed by atoms with Gasteiger partial charge in [0.15, 0.2) is 4.21 Å². The van der Waals surface area contributed by atoms with Crippen molar-refractivity contribution in [1.29, 1.82) is 0 Å². The molecule has 1 atom stereocenters. The van der Waals surface area contributed by atoms with Gasteiger partial charge in [-0.25, -0.2) is 13.1 Å². The van der Waals surface area contributed by atoms with Crippen molar-refractivity contribution in [3.8, 4) is 0 Å². The molecule has 1 rings (SSSR count). The lowest BCUT2D eigenvalue weighted by Crippen LogP contribution is -2.30. The summed E-state index contributed by atoms with van der Waals surface area (Å²) in [6.07, 6.45) is -0.768. The predicted molar refractivity (Wildman–Crippen MR) is 56.5 cm³/mol. The van der Waals surface area contributed by atoms with E-state index >= 15 is 0 Å². The molecule has 0 bridgehead atoms. The lowest BCUT2D eigenvalue weighted by Gasteiger charge is -2.06. The standard InChI is InChI=1S/C7H12N2O4S2/c1-4(10)3-8-15(12,13)6-5(2)9-7(11)14-6/h4,8,10H,3H2,1-2H3,(H,9,11)/t4-/m1/s1. The Bertz CT molecular complexity index is 485. The molecule has 0 fully saturated rings. The van der Waals surface area contributed by atoms with E-state index in [1.54, 1.807) is 0 Å². The number of rotatable bonds is 4. The first-order valence-corrected chi connectivity index (χ1v) is 6.50. The van der Waals surface area contributed by atoms with Gasteiger partial charge in [-0.2, -0.15) is 0 Å². The van der Waals surface area contributed by atoms with Crippen LogP contribution in [0.2, 0.25) is 0 Å². The highest BCUT2D eigenvalue weighted by Gasteiger charge is 2.20. The molecule has 0 amide bonds. The summed E-state index contributed by atoms with van der Waals surface area (Å²) in [7, 11) is -3.69. The van der Waals surface area contributed by atoms with Crippen LogP contribution >= 0.6 is 11.3 Å². The average Bonchev–Trinajstić information content (AvgIpc) is 2.43. The maximum absolute atomic E-state index is 11.6. The zero-order chi connectivity index (χ0) is 11.6. The van der Waals surface area contributed by atoms with Gasteiger partial charge in [0.25, 0.3) is 10.0 Å². The second-order valence-electron chi connectivity index (χ2n) is 3.13. The molecule has 0 saturated heterocycles. The van der Waals surface area contributed by atoms with Gasteiger partial charge in [-0.3, -0.25) is 4.79 Å². The lowest BCUT2D eigenvalue weighted by atomic mass is 10.4. The van der Waals surface area contributed by atoms with Crippen LogP contribution in [0, 0.1) is 6.92 Å². The smallest absolute Gasteiger partial charge is 0.305 e. The molecule has 1 aromatic rings. The monoisotopic (exact) mass is 252 g/mol. The van der Waals surface area contributed by atoms with E-state index in [0.717, 1.165) is 0 Å². The third kappa shape index (κ3) is 3.13. The minimum atomic E-state index is -3.69. The summed E-state index contributed by atoms with van der Waals surface area (Å²) in [4.78, 5) is 12.9. The molecule has 0 unspecified atom stereocenters. The molecule has 3 N–H and O–H groups in total.